The van der Waals surface area contributed by atoms with Crippen LogP contribution < -0.4 is 5.32 Å². The fraction of sp³-hybridized carbons (Fsp3) is 0.250. The molecule has 0 atom stereocenters. The molecule has 1 heterocycles. The summed E-state index contributed by atoms with van der Waals surface area (Å²) in [6.07, 6.45) is 2.33. The van der Waals surface area contributed by atoms with E-state index in [1.54, 1.807) is 25.1 Å². The van der Waals surface area contributed by atoms with Crippen LogP contribution in [0.5, 0.6) is 0 Å². The number of carbonyl (C=O) groups excluding carboxylic acids is 1. The van der Waals surface area contributed by atoms with Crippen LogP contribution in [0.15, 0.2) is 24.3 Å². The Hall–Kier alpha value is -2.21. The zero-order valence-corrected chi connectivity index (χ0v) is 9.92. The van der Waals surface area contributed by atoms with Gasteiger partial charge in [0.05, 0.1) is 5.69 Å². The van der Waals surface area contributed by atoms with Crippen molar-refractivity contribution in [2.45, 2.75) is 6.92 Å². The van der Waals surface area contributed by atoms with Gasteiger partial charge in [-0.3, -0.25) is 4.79 Å². The lowest BCUT2D eigenvalue weighted by Gasteiger charge is -2.04. The number of ether oxygens (including phenoxy) is 1. The molecule has 0 aromatic carbocycles. The monoisotopic (exact) mass is 250 g/mol. The number of carbonyl (C=O) groups is 2. The number of carboxylic acids is 1. The molecule has 0 spiro atoms. The third-order valence-electron chi connectivity index (χ3n) is 1.87. The standard InChI is InChI=1S/C12H14N2O4/c1-2-18-8-11(15)14-10-5-3-4-9(13-10)6-7-12(16)17/h3-7H,2,8H2,1H3,(H,16,17)(H,13,14,15)/b7-6+. The van der Waals surface area contributed by atoms with Gasteiger partial charge >= 0.3 is 5.97 Å². The van der Waals surface area contributed by atoms with Crippen molar-refractivity contribution < 1.29 is 19.4 Å². The number of nitrogens with zero attached hydrogens (tertiary/aromatic N) is 1. The zero-order chi connectivity index (χ0) is 13.4. The summed E-state index contributed by atoms with van der Waals surface area (Å²) in [7, 11) is 0. The summed E-state index contributed by atoms with van der Waals surface area (Å²) in [6, 6.07) is 4.92. The van der Waals surface area contributed by atoms with Gasteiger partial charge in [-0.2, -0.15) is 0 Å². The number of hydrogen-bond acceptors (Lipinski definition) is 4. The first-order valence-corrected chi connectivity index (χ1v) is 5.37. The highest BCUT2D eigenvalue weighted by Gasteiger charge is 2.03. The number of amides is 1. The average Bonchev–Trinajstić information content (AvgIpc) is 2.34. The fourth-order valence-corrected chi connectivity index (χ4v) is 1.14. The molecule has 1 aromatic heterocycles. The molecule has 0 aliphatic heterocycles. The lowest BCUT2D eigenvalue weighted by atomic mass is 10.3. The molecule has 6 nitrogen and oxygen atoms in total. The molecule has 1 amide bonds. The maximum atomic E-state index is 11.4. The predicted molar refractivity (Wildman–Crippen MR) is 66.0 cm³/mol. The Kier molecular flexibility index (Phi) is 5.53. The highest BCUT2D eigenvalue weighted by Crippen LogP contribution is 2.06. The van der Waals surface area contributed by atoms with Gasteiger partial charge in [0.15, 0.2) is 0 Å². The largest absolute Gasteiger partial charge is 0.478 e. The van der Waals surface area contributed by atoms with E-state index in [9.17, 15) is 9.59 Å². The third kappa shape index (κ3) is 5.22. The Bertz CT molecular complexity index is 457. The summed E-state index contributed by atoms with van der Waals surface area (Å²) in [6.45, 7) is 2.22. The van der Waals surface area contributed by atoms with Crippen LogP contribution in [-0.4, -0.2) is 35.2 Å². The summed E-state index contributed by atoms with van der Waals surface area (Å²) in [4.78, 5) is 25.8. The van der Waals surface area contributed by atoms with Crippen molar-refractivity contribution in [1.82, 2.24) is 4.98 Å². The number of aromatic nitrogens is 1. The van der Waals surface area contributed by atoms with Crippen LogP contribution in [0.4, 0.5) is 5.82 Å². The highest BCUT2D eigenvalue weighted by atomic mass is 16.5. The molecule has 2 N–H and O–H groups in total. The van der Waals surface area contributed by atoms with Gasteiger partial charge in [0, 0.05) is 12.7 Å². The van der Waals surface area contributed by atoms with Crippen LogP contribution in [0.25, 0.3) is 6.08 Å². The number of carboxylic acid groups (broad SMARTS) is 1. The van der Waals surface area contributed by atoms with Gasteiger partial charge in [-0.05, 0) is 25.1 Å². The second-order valence-corrected chi connectivity index (χ2v) is 3.30. The Morgan fingerprint density at radius 1 is 1.50 bits per heavy atom. The van der Waals surface area contributed by atoms with E-state index in [0.717, 1.165) is 6.08 Å². The van der Waals surface area contributed by atoms with Crippen LogP contribution in [0, 0.1) is 0 Å². The zero-order valence-electron chi connectivity index (χ0n) is 9.92. The minimum Gasteiger partial charge on any atom is -0.478 e. The summed E-state index contributed by atoms with van der Waals surface area (Å²) in [5, 5.41) is 11.0. The van der Waals surface area contributed by atoms with Crippen molar-refractivity contribution in [2.75, 3.05) is 18.5 Å². The molecule has 1 aromatic rings. The van der Waals surface area contributed by atoms with Crippen molar-refractivity contribution in [3.05, 3.63) is 30.0 Å². The number of aliphatic carboxylic acids is 1. The first-order valence-electron chi connectivity index (χ1n) is 5.37. The Balaban J connectivity index is 2.64. The number of hydrogen-bond donors (Lipinski definition) is 2. The summed E-state index contributed by atoms with van der Waals surface area (Å²) in [5.41, 5.74) is 0.451. The van der Waals surface area contributed by atoms with E-state index in [1.807, 2.05) is 0 Å². The molecular weight excluding hydrogens is 236 g/mol. The molecule has 18 heavy (non-hydrogen) atoms. The van der Waals surface area contributed by atoms with Crippen molar-refractivity contribution in [3.8, 4) is 0 Å². The minimum atomic E-state index is -1.05. The highest BCUT2D eigenvalue weighted by molar-refractivity contribution is 5.91. The molecule has 0 saturated carbocycles. The molecular formula is C12H14N2O4. The molecule has 0 radical (unpaired) electrons. The second kappa shape index (κ2) is 7.18. The van der Waals surface area contributed by atoms with E-state index in [1.165, 1.54) is 6.08 Å². The van der Waals surface area contributed by atoms with Gasteiger partial charge in [0.2, 0.25) is 0 Å². The van der Waals surface area contributed by atoms with E-state index in [4.69, 9.17) is 9.84 Å². The number of pyridine rings is 1. The Labute approximate surface area is 104 Å². The maximum Gasteiger partial charge on any atom is 0.328 e. The fourth-order valence-electron chi connectivity index (χ4n) is 1.14. The van der Waals surface area contributed by atoms with E-state index in [2.05, 4.69) is 10.3 Å². The first-order chi connectivity index (χ1) is 8.61. The van der Waals surface area contributed by atoms with Crippen LogP contribution in [0.1, 0.15) is 12.6 Å². The molecule has 0 aliphatic carbocycles. The van der Waals surface area contributed by atoms with Gasteiger partial charge < -0.3 is 15.2 Å². The molecule has 6 heteroatoms. The van der Waals surface area contributed by atoms with Gasteiger partial charge in [0.1, 0.15) is 12.4 Å². The van der Waals surface area contributed by atoms with Crippen LogP contribution in [0.3, 0.4) is 0 Å². The SMILES string of the molecule is CCOCC(=O)Nc1cccc(/C=C/C(=O)O)n1. The predicted octanol–water partition coefficient (Wildman–Crippen LogP) is 1.15. The van der Waals surface area contributed by atoms with Gasteiger partial charge in [-0.15, -0.1) is 0 Å². The molecule has 0 aliphatic rings. The van der Waals surface area contributed by atoms with E-state index in [-0.39, 0.29) is 12.5 Å². The van der Waals surface area contributed by atoms with E-state index in [0.29, 0.717) is 18.1 Å². The van der Waals surface area contributed by atoms with Crippen molar-refractivity contribution in [1.29, 1.82) is 0 Å². The van der Waals surface area contributed by atoms with Crippen LogP contribution in [0.2, 0.25) is 0 Å². The number of rotatable bonds is 6. The molecule has 0 fully saturated rings. The quantitative estimate of drug-likeness (QED) is 0.739. The van der Waals surface area contributed by atoms with E-state index >= 15 is 0 Å². The average molecular weight is 250 g/mol. The van der Waals surface area contributed by atoms with Crippen LogP contribution >= 0.6 is 0 Å². The van der Waals surface area contributed by atoms with E-state index < -0.39 is 5.97 Å². The first kappa shape index (κ1) is 13.9. The molecule has 96 valence electrons. The van der Waals surface area contributed by atoms with Crippen molar-refractivity contribution >= 4 is 23.8 Å². The molecule has 0 saturated heterocycles. The summed E-state index contributed by atoms with van der Waals surface area (Å²) < 4.78 is 4.95. The normalized spacial score (nSPS) is 10.5. The summed E-state index contributed by atoms with van der Waals surface area (Å²) in [5.74, 6) is -1.00. The van der Waals surface area contributed by atoms with Gasteiger partial charge in [0.25, 0.3) is 5.91 Å². The lowest BCUT2D eigenvalue weighted by molar-refractivity contribution is -0.131. The minimum absolute atomic E-state index is 0.0344. The van der Waals surface area contributed by atoms with Crippen molar-refractivity contribution in [2.24, 2.45) is 0 Å². The smallest absolute Gasteiger partial charge is 0.328 e. The Morgan fingerprint density at radius 2 is 2.28 bits per heavy atom. The lowest BCUT2D eigenvalue weighted by Crippen LogP contribution is -2.18. The second-order valence-electron chi connectivity index (χ2n) is 3.30. The number of anilines is 1. The van der Waals surface area contributed by atoms with Crippen molar-refractivity contribution in [3.63, 3.8) is 0 Å². The van der Waals surface area contributed by atoms with Gasteiger partial charge in [-0.25, -0.2) is 9.78 Å². The maximum absolute atomic E-state index is 11.4. The molecule has 1 rings (SSSR count). The topological polar surface area (TPSA) is 88.5 Å². The number of nitrogens with one attached hydrogen (secondary N) is 1. The Morgan fingerprint density at radius 3 is 2.94 bits per heavy atom. The molecule has 0 bridgehead atoms. The van der Waals surface area contributed by atoms with Gasteiger partial charge in [-0.1, -0.05) is 6.07 Å². The van der Waals surface area contributed by atoms with Crippen LogP contribution in [-0.2, 0) is 14.3 Å². The molecule has 0 unspecified atom stereocenters. The third-order valence-corrected chi connectivity index (χ3v) is 1.87. The summed E-state index contributed by atoms with van der Waals surface area (Å²) >= 11 is 0.